The van der Waals surface area contributed by atoms with E-state index in [9.17, 15) is 10.1 Å². The molecule has 2 aromatic rings. The third kappa shape index (κ3) is 2.94. The van der Waals surface area contributed by atoms with Gasteiger partial charge in [-0.3, -0.25) is 9.48 Å². The molecule has 1 amide bonds. The number of ether oxygens (including phenoxy) is 1. The van der Waals surface area contributed by atoms with Gasteiger partial charge in [-0.25, -0.2) is 4.98 Å². The van der Waals surface area contributed by atoms with Gasteiger partial charge in [-0.05, 0) is 12.1 Å². The van der Waals surface area contributed by atoms with E-state index in [2.05, 4.69) is 21.5 Å². The first-order chi connectivity index (χ1) is 12.1. The molecule has 4 rings (SSSR count). The molecule has 128 valence electrons. The molecule has 0 bridgehead atoms. The maximum atomic E-state index is 12.1. The molecule has 4 heterocycles. The van der Waals surface area contributed by atoms with Gasteiger partial charge in [0.2, 0.25) is 0 Å². The third-order valence-corrected chi connectivity index (χ3v) is 4.49. The van der Waals surface area contributed by atoms with Crippen LogP contribution in [0.4, 0.5) is 5.82 Å². The lowest BCUT2D eigenvalue weighted by Gasteiger charge is -2.41. The number of pyridine rings is 1. The third-order valence-electron chi connectivity index (χ3n) is 4.49. The average Bonchev–Trinajstić information content (AvgIpc) is 3.03. The van der Waals surface area contributed by atoms with Gasteiger partial charge >= 0.3 is 0 Å². The number of nitrogens with one attached hydrogen (secondary N) is 1. The summed E-state index contributed by atoms with van der Waals surface area (Å²) in [7, 11) is 1.78. The molecule has 8 nitrogen and oxygen atoms in total. The van der Waals surface area contributed by atoms with E-state index in [1.807, 2.05) is 11.0 Å². The van der Waals surface area contributed by atoms with Crippen molar-refractivity contribution >= 4 is 11.7 Å². The summed E-state index contributed by atoms with van der Waals surface area (Å²) in [5, 5.41) is 16.5. The van der Waals surface area contributed by atoms with E-state index in [0.29, 0.717) is 43.4 Å². The predicted octanol–water partition coefficient (Wildman–Crippen LogP) is 0.378. The highest BCUT2D eigenvalue weighted by Gasteiger charge is 2.32. The van der Waals surface area contributed by atoms with Crippen molar-refractivity contribution in [3.63, 3.8) is 0 Å². The van der Waals surface area contributed by atoms with Crippen LogP contribution < -0.4 is 10.2 Å². The molecular weight excluding hydrogens is 320 g/mol. The van der Waals surface area contributed by atoms with Gasteiger partial charge in [-0.2, -0.15) is 10.4 Å². The monoisotopic (exact) mass is 338 g/mol. The second kappa shape index (κ2) is 6.18. The SMILES string of the molecule is Cn1ccc(C(=O)NC2CN(c3nc4c(cc3C#N)COCC4)C2)n1. The number of hydrogen-bond acceptors (Lipinski definition) is 6. The summed E-state index contributed by atoms with van der Waals surface area (Å²) in [4.78, 5) is 18.8. The first-order valence-electron chi connectivity index (χ1n) is 8.20. The molecule has 25 heavy (non-hydrogen) atoms. The number of nitrogens with zero attached hydrogens (tertiary/aromatic N) is 5. The standard InChI is InChI=1S/C17H18N6O2/c1-22-4-2-15(21-22)17(24)19-13-8-23(9-13)16-11(7-18)6-12-10-25-5-3-14(12)20-16/h2,4,6,13H,3,5,8-10H2,1H3,(H,19,24). The topological polar surface area (TPSA) is 96.1 Å². The van der Waals surface area contributed by atoms with Gasteiger partial charge in [-0.1, -0.05) is 0 Å². The average molecular weight is 338 g/mol. The van der Waals surface area contributed by atoms with E-state index in [0.717, 1.165) is 17.7 Å². The van der Waals surface area contributed by atoms with Gasteiger partial charge in [-0.15, -0.1) is 0 Å². The molecule has 1 saturated heterocycles. The van der Waals surface area contributed by atoms with Gasteiger partial charge < -0.3 is 15.0 Å². The van der Waals surface area contributed by atoms with Crippen molar-refractivity contribution in [1.29, 1.82) is 5.26 Å². The number of carbonyl (C=O) groups excluding carboxylic acids is 1. The Bertz CT molecular complexity index is 863. The molecule has 1 fully saturated rings. The summed E-state index contributed by atoms with van der Waals surface area (Å²) in [6.45, 7) is 2.44. The van der Waals surface area contributed by atoms with Crippen LogP contribution >= 0.6 is 0 Å². The second-order valence-corrected chi connectivity index (χ2v) is 6.33. The van der Waals surface area contributed by atoms with Crippen LogP contribution in [0.25, 0.3) is 0 Å². The highest BCUT2D eigenvalue weighted by molar-refractivity contribution is 5.92. The fourth-order valence-electron chi connectivity index (χ4n) is 3.14. The van der Waals surface area contributed by atoms with Crippen molar-refractivity contribution in [3.05, 3.63) is 40.8 Å². The molecule has 1 N–H and O–H groups in total. The minimum absolute atomic E-state index is 0.0298. The van der Waals surface area contributed by atoms with Gasteiger partial charge in [0.25, 0.3) is 5.91 Å². The molecule has 0 aliphatic carbocycles. The van der Waals surface area contributed by atoms with Crippen LogP contribution in [-0.2, 0) is 24.8 Å². The lowest BCUT2D eigenvalue weighted by atomic mass is 10.0. The van der Waals surface area contributed by atoms with Gasteiger partial charge in [0, 0.05) is 38.3 Å². The number of rotatable bonds is 3. The summed E-state index contributed by atoms with van der Waals surface area (Å²) >= 11 is 0. The normalized spacial score (nSPS) is 16.7. The van der Waals surface area contributed by atoms with E-state index in [1.54, 1.807) is 24.0 Å². The molecule has 0 unspecified atom stereocenters. The van der Waals surface area contributed by atoms with E-state index in [4.69, 9.17) is 4.74 Å². The van der Waals surface area contributed by atoms with Gasteiger partial charge in [0.15, 0.2) is 0 Å². The number of nitriles is 1. The Labute approximate surface area is 145 Å². The summed E-state index contributed by atoms with van der Waals surface area (Å²) in [6, 6.07) is 5.81. The largest absolute Gasteiger partial charge is 0.376 e. The van der Waals surface area contributed by atoms with Crippen LogP contribution in [-0.4, -0.2) is 46.4 Å². The maximum absolute atomic E-state index is 12.1. The number of anilines is 1. The first-order valence-corrected chi connectivity index (χ1v) is 8.20. The zero-order valence-corrected chi connectivity index (χ0v) is 13.9. The minimum Gasteiger partial charge on any atom is -0.376 e. The molecule has 2 aliphatic heterocycles. The Morgan fingerprint density at radius 2 is 2.32 bits per heavy atom. The molecule has 0 atom stereocenters. The zero-order chi connectivity index (χ0) is 17.4. The summed E-state index contributed by atoms with van der Waals surface area (Å²) in [6.07, 6.45) is 2.50. The van der Waals surface area contributed by atoms with E-state index >= 15 is 0 Å². The molecule has 2 aromatic heterocycles. The number of amides is 1. The molecule has 0 radical (unpaired) electrons. The van der Waals surface area contributed by atoms with Crippen LogP contribution in [0.3, 0.4) is 0 Å². The van der Waals surface area contributed by atoms with E-state index < -0.39 is 0 Å². The van der Waals surface area contributed by atoms with Gasteiger partial charge in [0.1, 0.15) is 17.6 Å². The highest BCUT2D eigenvalue weighted by Crippen LogP contribution is 2.27. The van der Waals surface area contributed by atoms with Crippen molar-refractivity contribution < 1.29 is 9.53 Å². The lowest BCUT2D eigenvalue weighted by molar-refractivity contribution is 0.0924. The maximum Gasteiger partial charge on any atom is 0.272 e. The summed E-state index contributed by atoms with van der Waals surface area (Å²) < 4.78 is 7.02. The Kier molecular flexibility index (Phi) is 3.86. The van der Waals surface area contributed by atoms with Crippen LogP contribution in [0.15, 0.2) is 18.3 Å². The summed E-state index contributed by atoms with van der Waals surface area (Å²) in [5.41, 5.74) is 2.96. The van der Waals surface area contributed by atoms with E-state index in [-0.39, 0.29) is 11.9 Å². The quantitative estimate of drug-likeness (QED) is 0.869. The Morgan fingerprint density at radius 3 is 3.04 bits per heavy atom. The fraction of sp³-hybridized carbons (Fsp3) is 0.412. The van der Waals surface area contributed by atoms with Crippen LogP contribution in [0, 0.1) is 11.3 Å². The first kappa shape index (κ1) is 15.6. The lowest BCUT2D eigenvalue weighted by Crippen LogP contribution is -2.60. The van der Waals surface area contributed by atoms with Crippen molar-refractivity contribution in [2.45, 2.75) is 19.1 Å². The van der Waals surface area contributed by atoms with Crippen molar-refractivity contribution in [1.82, 2.24) is 20.1 Å². The predicted molar refractivity (Wildman–Crippen MR) is 89.0 cm³/mol. The Balaban J connectivity index is 1.43. The molecule has 8 heteroatoms. The number of fused-ring (bicyclic) bond motifs is 1. The molecule has 0 spiro atoms. The Morgan fingerprint density at radius 1 is 1.48 bits per heavy atom. The van der Waals surface area contributed by atoms with Crippen molar-refractivity contribution in [3.8, 4) is 6.07 Å². The van der Waals surface area contributed by atoms with Crippen molar-refractivity contribution in [2.24, 2.45) is 7.05 Å². The smallest absolute Gasteiger partial charge is 0.272 e. The number of aromatic nitrogens is 3. The van der Waals surface area contributed by atoms with E-state index in [1.165, 1.54) is 0 Å². The molecule has 0 aromatic carbocycles. The van der Waals surface area contributed by atoms with Crippen LogP contribution in [0.2, 0.25) is 0 Å². The zero-order valence-electron chi connectivity index (χ0n) is 13.9. The number of aryl methyl sites for hydroxylation is 1. The molecular formula is C17H18N6O2. The highest BCUT2D eigenvalue weighted by atomic mass is 16.5. The van der Waals surface area contributed by atoms with Crippen LogP contribution in [0.5, 0.6) is 0 Å². The molecule has 2 aliphatic rings. The summed E-state index contributed by atoms with van der Waals surface area (Å²) in [5.74, 6) is 0.521. The van der Waals surface area contributed by atoms with Crippen LogP contribution in [0.1, 0.15) is 27.3 Å². The van der Waals surface area contributed by atoms with Gasteiger partial charge in [0.05, 0.1) is 30.5 Å². The Hall–Kier alpha value is -2.92. The second-order valence-electron chi connectivity index (χ2n) is 6.33. The minimum atomic E-state index is -0.179. The number of carbonyl (C=O) groups is 1. The molecule has 0 saturated carbocycles. The van der Waals surface area contributed by atoms with Crippen molar-refractivity contribution in [2.75, 3.05) is 24.6 Å². The fourth-order valence-corrected chi connectivity index (χ4v) is 3.14. The number of hydrogen-bond donors (Lipinski definition) is 1.